The Hall–Kier alpha value is -2.58. The second kappa shape index (κ2) is 10.4. The van der Waals surface area contributed by atoms with E-state index in [2.05, 4.69) is 5.10 Å². The Labute approximate surface area is 217 Å². The van der Waals surface area contributed by atoms with Crippen molar-refractivity contribution >= 4 is 23.4 Å². The van der Waals surface area contributed by atoms with Crippen molar-refractivity contribution in [3.8, 4) is 5.75 Å². The van der Waals surface area contributed by atoms with E-state index in [1.807, 2.05) is 48.8 Å². The summed E-state index contributed by atoms with van der Waals surface area (Å²) in [5.74, 6) is 0.799. The van der Waals surface area contributed by atoms with E-state index in [4.69, 9.17) is 21.1 Å². The maximum atomic E-state index is 13.4. The van der Waals surface area contributed by atoms with Crippen LogP contribution in [0.4, 0.5) is 0 Å². The number of rotatable bonds is 5. The summed E-state index contributed by atoms with van der Waals surface area (Å²) in [4.78, 5) is 30.3. The monoisotopic (exact) mass is 514 g/mol. The summed E-state index contributed by atoms with van der Waals surface area (Å²) in [6.45, 7) is 8.52. The van der Waals surface area contributed by atoms with Crippen molar-refractivity contribution in [2.24, 2.45) is 0 Å². The lowest BCUT2D eigenvalue weighted by atomic mass is 10.1. The summed E-state index contributed by atoms with van der Waals surface area (Å²) >= 11 is 6.22. The van der Waals surface area contributed by atoms with Crippen molar-refractivity contribution in [2.45, 2.75) is 77.7 Å². The van der Waals surface area contributed by atoms with Crippen molar-refractivity contribution < 1.29 is 19.1 Å². The van der Waals surface area contributed by atoms with Crippen LogP contribution in [-0.2, 0) is 28.9 Å². The highest BCUT2D eigenvalue weighted by Crippen LogP contribution is 2.29. The van der Waals surface area contributed by atoms with Gasteiger partial charge in [-0.1, -0.05) is 17.7 Å². The Kier molecular flexibility index (Phi) is 7.26. The average molecular weight is 515 g/mol. The zero-order valence-electron chi connectivity index (χ0n) is 21.3. The third-order valence-electron chi connectivity index (χ3n) is 7.51. The molecule has 2 atom stereocenters. The number of fused-ring (bicyclic) bond motifs is 1. The summed E-state index contributed by atoms with van der Waals surface area (Å²) < 4.78 is 13.8. The lowest BCUT2D eigenvalue weighted by molar-refractivity contribution is -0.133. The van der Waals surface area contributed by atoms with E-state index in [-0.39, 0.29) is 36.7 Å². The minimum atomic E-state index is -0.0457. The Morgan fingerprint density at radius 3 is 2.56 bits per heavy atom. The van der Waals surface area contributed by atoms with Crippen molar-refractivity contribution in [3.05, 3.63) is 45.7 Å². The SMILES string of the molecule is Cc1c(Cl)cccc1OC1CCN(C(=O)Cn2nc(C(=O)N3C[C@@H](C)O[C@@H](C)C3)c3c2CCC3)CC1. The quantitative estimate of drug-likeness (QED) is 0.608. The van der Waals surface area contributed by atoms with Crippen LogP contribution in [0, 0.1) is 6.92 Å². The number of ether oxygens (including phenoxy) is 2. The molecule has 0 unspecified atom stereocenters. The fourth-order valence-corrected chi connectivity index (χ4v) is 5.82. The molecule has 3 heterocycles. The van der Waals surface area contributed by atoms with Crippen LogP contribution in [0.25, 0.3) is 0 Å². The summed E-state index contributed by atoms with van der Waals surface area (Å²) in [7, 11) is 0. The van der Waals surface area contributed by atoms with Gasteiger partial charge in [0.15, 0.2) is 5.69 Å². The summed E-state index contributed by atoms with van der Waals surface area (Å²) in [5, 5.41) is 5.38. The first kappa shape index (κ1) is 25.1. The van der Waals surface area contributed by atoms with Crippen molar-refractivity contribution in [3.63, 3.8) is 0 Å². The molecule has 0 N–H and O–H groups in total. The van der Waals surface area contributed by atoms with Crippen LogP contribution in [0.15, 0.2) is 18.2 Å². The Morgan fingerprint density at radius 2 is 1.83 bits per heavy atom. The molecule has 1 aromatic heterocycles. The minimum absolute atomic E-state index is 0.00381. The zero-order chi connectivity index (χ0) is 25.4. The van der Waals surface area contributed by atoms with Gasteiger partial charge in [0.2, 0.25) is 5.91 Å². The number of carbonyl (C=O) groups is 2. The van der Waals surface area contributed by atoms with E-state index >= 15 is 0 Å². The Morgan fingerprint density at radius 1 is 1.11 bits per heavy atom. The third kappa shape index (κ3) is 5.11. The number of piperidine rings is 1. The Bertz CT molecular complexity index is 1130. The molecule has 5 rings (SSSR count). The van der Waals surface area contributed by atoms with Crippen LogP contribution in [0.2, 0.25) is 5.02 Å². The molecular weight excluding hydrogens is 480 g/mol. The number of nitrogens with zero attached hydrogens (tertiary/aromatic N) is 4. The van der Waals surface area contributed by atoms with Gasteiger partial charge in [0.1, 0.15) is 18.4 Å². The first-order valence-electron chi connectivity index (χ1n) is 13.0. The molecule has 194 valence electrons. The van der Waals surface area contributed by atoms with Crippen LogP contribution in [0.5, 0.6) is 5.75 Å². The molecule has 0 saturated carbocycles. The summed E-state index contributed by atoms with van der Waals surface area (Å²) in [5.41, 5.74) is 3.51. The maximum absolute atomic E-state index is 13.4. The van der Waals surface area contributed by atoms with Crippen molar-refractivity contribution in [1.82, 2.24) is 19.6 Å². The summed E-state index contributed by atoms with van der Waals surface area (Å²) in [6, 6.07) is 5.69. The molecule has 3 aliphatic rings. The number of hydrogen-bond acceptors (Lipinski definition) is 5. The van der Waals surface area contributed by atoms with Gasteiger partial charge in [-0.3, -0.25) is 14.3 Å². The van der Waals surface area contributed by atoms with Crippen LogP contribution in [-0.4, -0.2) is 75.9 Å². The van der Waals surface area contributed by atoms with Crippen LogP contribution in [0.3, 0.4) is 0 Å². The van der Waals surface area contributed by atoms with Gasteiger partial charge >= 0.3 is 0 Å². The van der Waals surface area contributed by atoms with Gasteiger partial charge in [0.25, 0.3) is 5.91 Å². The van der Waals surface area contributed by atoms with Crippen molar-refractivity contribution in [1.29, 1.82) is 0 Å². The van der Waals surface area contributed by atoms with E-state index in [0.717, 1.165) is 54.7 Å². The number of benzene rings is 1. The topological polar surface area (TPSA) is 76.9 Å². The summed E-state index contributed by atoms with van der Waals surface area (Å²) in [6.07, 6.45) is 4.29. The van der Waals surface area contributed by atoms with Gasteiger partial charge in [-0.15, -0.1) is 0 Å². The maximum Gasteiger partial charge on any atom is 0.274 e. The molecule has 9 heteroatoms. The molecule has 0 radical (unpaired) electrons. The van der Waals surface area contributed by atoms with Crippen molar-refractivity contribution in [2.75, 3.05) is 26.2 Å². The molecule has 1 aromatic carbocycles. The number of likely N-dealkylation sites (tertiary alicyclic amines) is 1. The van der Waals surface area contributed by atoms with Gasteiger partial charge in [-0.05, 0) is 52.2 Å². The van der Waals surface area contributed by atoms with E-state index in [0.29, 0.717) is 36.9 Å². The smallest absolute Gasteiger partial charge is 0.274 e. The molecule has 2 aromatic rings. The second-order valence-corrected chi connectivity index (χ2v) is 10.7. The lowest BCUT2D eigenvalue weighted by Crippen LogP contribution is -2.48. The first-order chi connectivity index (χ1) is 17.3. The number of morpholine rings is 1. The highest BCUT2D eigenvalue weighted by molar-refractivity contribution is 6.31. The van der Waals surface area contributed by atoms with E-state index in [9.17, 15) is 9.59 Å². The van der Waals surface area contributed by atoms with Gasteiger partial charge in [0.05, 0.1) is 12.2 Å². The number of amides is 2. The predicted molar refractivity (Wildman–Crippen MR) is 137 cm³/mol. The normalized spacial score (nSPS) is 22.6. The molecule has 0 bridgehead atoms. The van der Waals surface area contributed by atoms with E-state index in [1.165, 1.54) is 0 Å². The highest BCUT2D eigenvalue weighted by atomic mass is 35.5. The molecule has 1 aliphatic carbocycles. The fraction of sp³-hybridized carbons (Fsp3) is 0.593. The average Bonchev–Trinajstić information content (AvgIpc) is 3.45. The Balaban J connectivity index is 1.22. The fourth-order valence-electron chi connectivity index (χ4n) is 5.65. The molecule has 2 aliphatic heterocycles. The van der Waals surface area contributed by atoms with Crippen LogP contribution in [0.1, 0.15) is 60.4 Å². The van der Waals surface area contributed by atoms with E-state index < -0.39 is 0 Å². The molecule has 2 amide bonds. The van der Waals surface area contributed by atoms with Gasteiger partial charge < -0.3 is 19.3 Å². The number of hydrogen-bond donors (Lipinski definition) is 0. The molecule has 0 spiro atoms. The molecular formula is C27H35ClN4O4. The predicted octanol–water partition coefficient (Wildman–Crippen LogP) is 3.65. The van der Waals surface area contributed by atoms with Crippen LogP contribution >= 0.6 is 11.6 Å². The minimum Gasteiger partial charge on any atom is -0.490 e. The zero-order valence-corrected chi connectivity index (χ0v) is 22.1. The van der Waals surface area contributed by atoms with Gasteiger partial charge in [-0.2, -0.15) is 5.10 Å². The molecule has 8 nitrogen and oxygen atoms in total. The first-order valence-corrected chi connectivity index (χ1v) is 13.4. The lowest BCUT2D eigenvalue weighted by Gasteiger charge is -2.35. The molecule has 36 heavy (non-hydrogen) atoms. The number of aromatic nitrogens is 2. The van der Waals surface area contributed by atoms with Crippen LogP contribution < -0.4 is 4.74 Å². The molecule has 2 saturated heterocycles. The standard InChI is InChI=1S/C27H35ClN4O4/c1-17-14-31(15-18(2)35-17)27(34)26-21-6-4-8-23(21)32(29-26)16-25(33)30-12-10-20(11-13-30)36-24-9-5-7-22(28)19(24)3/h5,7,9,17-18,20H,4,6,8,10-16H2,1-3H3/t17-,18+. The van der Waals surface area contributed by atoms with Gasteiger partial charge in [0, 0.05) is 60.9 Å². The largest absolute Gasteiger partial charge is 0.490 e. The number of halogens is 1. The third-order valence-corrected chi connectivity index (χ3v) is 7.92. The number of carbonyl (C=O) groups excluding carboxylic acids is 2. The highest BCUT2D eigenvalue weighted by Gasteiger charge is 2.33. The van der Waals surface area contributed by atoms with Gasteiger partial charge in [-0.25, -0.2) is 0 Å². The van der Waals surface area contributed by atoms with E-state index in [1.54, 1.807) is 4.68 Å². The second-order valence-electron chi connectivity index (χ2n) is 10.3. The molecule has 2 fully saturated rings.